The van der Waals surface area contributed by atoms with Crippen LogP contribution in [0.3, 0.4) is 0 Å². The van der Waals surface area contributed by atoms with Crippen LogP contribution in [0.1, 0.15) is 100 Å². The molecule has 0 aliphatic rings. The molecule has 0 heterocycles. The van der Waals surface area contributed by atoms with Crippen molar-refractivity contribution >= 4 is 35.7 Å². The molecule has 0 fully saturated rings. The van der Waals surface area contributed by atoms with Gasteiger partial charge in [-0.1, -0.05) is 78.8 Å². The maximum atomic E-state index is 13.6. The van der Waals surface area contributed by atoms with Crippen LogP contribution in [0.4, 0.5) is 4.79 Å². The zero-order valence-electron chi connectivity index (χ0n) is 31.8. The molecule has 13 heteroatoms. The molecule has 5 atom stereocenters. The quantitative estimate of drug-likeness (QED) is 0.135. The fourth-order valence-corrected chi connectivity index (χ4v) is 5.19. The molecule has 1 rings (SSSR count). The SMILES string of the molecule is CC[C@@H](NC(=O)[C@H](CC(C)C)NC(=O)[C@H](CC(C)C)NC(=O)OC(C)(C)C)C(=O)N[C@H](CC(C)C)C(=O)N[C@@H](Cc1ccccc1)C(=O)OC. The van der Waals surface area contributed by atoms with E-state index in [2.05, 4.69) is 26.6 Å². The van der Waals surface area contributed by atoms with E-state index in [1.54, 1.807) is 27.7 Å². The summed E-state index contributed by atoms with van der Waals surface area (Å²) < 4.78 is 10.3. The zero-order chi connectivity index (χ0) is 38.2. The Morgan fingerprint density at radius 1 is 0.600 bits per heavy atom. The highest BCUT2D eigenvalue weighted by Crippen LogP contribution is 2.13. The largest absolute Gasteiger partial charge is 0.467 e. The highest BCUT2D eigenvalue weighted by molar-refractivity contribution is 5.96. The molecule has 1 aromatic carbocycles. The van der Waals surface area contributed by atoms with Crippen molar-refractivity contribution in [1.82, 2.24) is 26.6 Å². The van der Waals surface area contributed by atoms with Crippen molar-refractivity contribution in [3.05, 3.63) is 35.9 Å². The molecular weight excluding hydrogens is 642 g/mol. The summed E-state index contributed by atoms with van der Waals surface area (Å²) in [6.07, 6.45) is 0.501. The highest BCUT2D eigenvalue weighted by Gasteiger charge is 2.33. The Labute approximate surface area is 298 Å². The average Bonchev–Trinajstić information content (AvgIpc) is 3.00. The Hall–Kier alpha value is -4.16. The van der Waals surface area contributed by atoms with E-state index >= 15 is 0 Å². The third kappa shape index (κ3) is 17.0. The van der Waals surface area contributed by atoms with Gasteiger partial charge in [0.15, 0.2) is 0 Å². The van der Waals surface area contributed by atoms with Gasteiger partial charge < -0.3 is 36.1 Å². The van der Waals surface area contributed by atoms with Gasteiger partial charge >= 0.3 is 12.1 Å². The van der Waals surface area contributed by atoms with E-state index in [1.807, 2.05) is 71.9 Å². The van der Waals surface area contributed by atoms with Gasteiger partial charge in [0, 0.05) is 6.42 Å². The number of rotatable bonds is 19. The Bertz CT molecular complexity index is 1260. The van der Waals surface area contributed by atoms with Crippen LogP contribution >= 0.6 is 0 Å². The van der Waals surface area contributed by atoms with Crippen LogP contribution < -0.4 is 26.6 Å². The first-order chi connectivity index (χ1) is 23.3. The van der Waals surface area contributed by atoms with E-state index in [0.717, 1.165) is 5.56 Å². The lowest BCUT2D eigenvalue weighted by Gasteiger charge is -2.28. The number of benzene rings is 1. The number of nitrogens with one attached hydrogen (secondary N) is 5. The molecule has 5 N–H and O–H groups in total. The summed E-state index contributed by atoms with van der Waals surface area (Å²) in [5.41, 5.74) is 0.0549. The summed E-state index contributed by atoms with van der Waals surface area (Å²) in [6, 6.07) is 4.20. The Morgan fingerprint density at radius 2 is 0.980 bits per heavy atom. The molecule has 0 spiro atoms. The standard InChI is InChI=1S/C37H61N5O8/c1-12-26(31(43)39-28(19-23(4)5)33(45)41-30(35(47)49-11)21-25-16-14-13-15-17-25)38-32(44)27(18-22(2)3)40-34(46)29(20-24(6)7)42-36(48)50-37(8,9)10/h13-17,22-24,26-30H,12,18-21H2,1-11H3,(H,38,44)(H,39,43)(H,40,46)(H,41,45)(H,42,48)/t26-,27+,28-,29+,30+/m1/s1. The molecule has 50 heavy (non-hydrogen) atoms. The number of carbonyl (C=O) groups excluding carboxylic acids is 6. The van der Waals surface area contributed by atoms with Crippen LogP contribution in [-0.4, -0.2) is 78.6 Å². The monoisotopic (exact) mass is 703 g/mol. The minimum atomic E-state index is -1.02. The van der Waals surface area contributed by atoms with Crippen LogP contribution in [0.25, 0.3) is 0 Å². The molecule has 13 nitrogen and oxygen atoms in total. The Morgan fingerprint density at radius 3 is 1.36 bits per heavy atom. The van der Waals surface area contributed by atoms with Crippen molar-refractivity contribution in [1.29, 1.82) is 0 Å². The van der Waals surface area contributed by atoms with Crippen LogP contribution in [0.2, 0.25) is 0 Å². The number of esters is 1. The third-order valence-electron chi connectivity index (χ3n) is 7.52. The summed E-state index contributed by atoms with van der Waals surface area (Å²) in [6.45, 7) is 18.3. The number of ether oxygens (including phenoxy) is 2. The van der Waals surface area contributed by atoms with E-state index in [4.69, 9.17) is 9.47 Å². The van der Waals surface area contributed by atoms with Gasteiger partial charge in [-0.05, 0) is 69.8 Å². The predicted octanol–water partition coefficient (Wildman–Crippen LogP) is 3.78. The fraction of sp³-hybridized carbons (Fsp3) is 0.676. The normalized spacial score (nSPS) is 14.5. The lowest BCUT2D eigenvalue weighted by atomic mass is 9.99. The first-order valence-corrected chi connectivity index (χ1v) is 17.6. The fourth-order valence-electron chi connectivity index (χ4n) is 5.19. The van der Waals surface area contributed by atoms with Gasteiger partial charge in [-0.25, -0.2) is 9.59 Å². The molecule has 0 bridgehead atoms. The smallest absolute Gasteiger partial charge is 0.408 e. The first kappa shape index (κ1) is 43.9. The van der Waals surface area contributed by atoms with Crippen molar-refractivity contribution < 1.29 is 38.2 Å². The molecule has 0 aromatic heterocycles. The van der Waals surface area contributed by atoms with Gasteiger partial charge in [0.2, 0.25) is 23.6 Å². The molecule has 0 aliphatic heterocycles. The Kier molecular flexibility index (Phi) is 18.5. The number of alkyl carbamates (subject to hydrolysis) is 1. The van der Waals surface area contributed by atoms with Gasteiger partial charge in [-0.3, -0.25) is 19.2 Å². The van der Waals surface area contributed by atoms with Gasteiger partial charge in [0.05, 0.1) is 7.11 Å². The first-order valence-electron chi connectivity index (χ1n) is 17.6. The van der Waals surface area contributed by atoms with Crippen molar-refractivity contribution in [3.8, 4) is 0 Å². The highest BCUT2D eigenvalue weighted by atomic mass is 16.6. The summed E-state index contributed by atoms with van der Waals surface area (Å²) in [5.74, 6) is -2.84. The minimum Gasteiger partial charge on any atom is -0.467 e. The van der Waals surface area contributed by atoms with Gasteiger partial charge in [-0.15, -0.1) is 0 Å². The van der Waals surface area contributed by atoms with Crippen LogP contribution in [0.15, 0.2) is 30.3 Å². The maximum absolute atomic E-state index is 13.6. The number of methoxy groups -OCH3 is 1. The van der Waals surface area contributed by atoms with E-state index < -0.39 is 71.5 Å². The van der Waals surface area contributed by atoms with E-state index in [0.29, 0.717) is 6.42 Å². The van der Waals surface area contributed by atoms with Crippen molar-refractivity contribution in [2.75, 3.05) is 7.11 Å². The van der Waals surface area contributed by atoms with Crippen LogP contribution in [-0.2, 0) is 39.9 Å². The number of amides is 5. The van der Waals surface area contributed by atoms with E-state index in [-0.39, 0.29) is 43.4 Å². The zero-order valence-corrected chi connectivity index (χ0v) is 31.8. The van der Waals surface area contributed by atoms with Crippen LogP contribution in [0.5, 0.6) is 0 Å². The molecule has 0 radical (unpaired) electrons. The summed E-state index contributed by atoms with van der Waals surface area (Å²) in [7, 11) is 1.24. The van der Waals surface area contributed by atoms with Gasteiger partial charge in [-0.2, -0.15) is 0 Å². The van der Waals surface area contributed by atoms with Crippen molar-refractivity contribution in [3.63, 3.8) is 0 Å². The lowest BCUT2D eigenvalue weighted by molar-refractivity contribution is -0.145. The summed E-state index contributed by atoms with van der Waals surface area (Å²) >= 11 is 0. The second kappa shape index (κ2) is 21.1. The third-order valence-corrected chi connectivity index (χ3v) is 7.52. The molecule has 0 saturated heterocycles. The second-order valence-corrected chi connectivity index (χ2v) is 15.0. The molecule has 1 aromatic rings. The summed E-state index contributed by atoms with van der Waals surface area (Å²) in [5, 5.41) is 13.6. The Balaban J connectivity index is 3.13. The molecular formula is C37H61N5O8. The van der Waals surface area contributed by atoms with Crippen molar-refractivity contribution in [2.45, 2.75) is 137 Å². The second-order valence-electron chi connectivity index (χ2n) is 15.0. The number of hydrogen-bond acceptors (Lipinski definition) is 8. The van der Waals surface area contributed by atoms with Crippen molar-refractivity contribution in [2.24, 2.45) is 17.8 Å². The molecule has 0 saturated carbocycles. The predicted molar refractivity (Wildman–Crippen MR) is 192 cm³/mol. The van der Waals surface area contributed by atoms with Gasteiger partial charge in [0.1, 0.15) is 35.8 Å². The lowest BCUT2D eigenvalue weighted by Crippen LogP contribution is -2.59. The average molecular weight is 704 g/mol. The molecule has 5 amide bonds. The van der Waals surface area contributed by atoms with E-state index in [9.17, 15) is 28.8 Å². The molecule has 0 unspecified atom stereocenters. The summed E-state index contributed by atoms with van der Waals surface area (Å²) in [4.78, 5) is 79.2. The molecule has 0 aliphatic carbocycles. The number of hydrogen-bond donors (Lipinski definition) is 5. The maximum Gasteiger partial charge on any atom is 0.408 e. The van der Waals surface area contributed by atoms with Crippen LogP contribution in [0, 0.1) is 17.8 Å². The van der Waals surface area contributed by atoms with Gasteiger partial charge in [0.25, 0.3) is 0 Å². The number of carbonyl (C=O) groups is 6. The minimum absolute atomic E-state index is 0.0000718. The topological polar surface area (TPSA) is 181 Å². The molecule has 282 valence electrons. The van der Waals surface area contributed by atoms with E-state index in [1.165, 1.54) is 7.11 Å².